The lowest BCUT2D eigenvalue weighted by Gasteiger charge is -2.16. The summed E-state index contributed by atoms with van der Waals surface area (Å²) in [7, 11) is 0. The van der Waals surface area contributed by atoms with Crippen LogP contribution in [0.15, 0.2) is 28.7 Å². The van der Waals surface area contributed by atoms with Gasteiger partial charge >= 0.3 is 5.97 Å². The molecule has 0 aliphatic heterocycles. The van der Waals surface area contributed by atoms with Gasteiger partial charge in [0.25, 0.3) is 0 Å². The zero-order valence-electron chi connectivity index (χ0n) is 11.1. The van der Waals surface area contributed by atoms with Crippen molar-refractivity contribution >= 4 is 33.9 Å². The molecular formula is C14H15BrFNO3. The van der Waals surface area contributed by atoms with E-state index in [1.165, 1.54) is 25.1 Å². The van der Waals surface area contributed by atoms with Crippen molar-refractivity contribution in [1.82, 2.24) is 5.32 Å². The summed E-state index contributed by atoms with van der Waals surface area (Å²) < 4.78 is 14.1. The summed E-state index contributed by atoms with van der Waals surface area (Å²) in [5, 5.41) is 11.3. The molecule has 2 N–H and O–H groups in total. The highest BCUT2D eigenvalue weighted by Gasteiger charge is 2.20. The molecule has 1 aromatic carbocycles. The molecule has 0 bridgehead atoms. The topological polar surface area (TPSA) is 66.4 Å². The minimum Gasteiger partial charge on any atom is -0.481 e. The molecule has 0 fully saturated rings. The van der Waals surface area contributed by atoms with Crippen molar-refractivity contribution in [3.8, 4) is 0 Å². The number of benzene rings is 1. The maximum absolute atomic E-state index is 13.4. The van der Waals surface area contributed by atoms with Crippen LogP contribution in [0, 0.1) is 11.7 Å². The van der Waals surface area contributed by atoms with Crippen molar-refractivity contribution in [2.24, 2.45) is 5.92 Å². The smallest absolute Gasteiger partial charge is 0.308 e. The van der Waals surface area contributed by atoms with E-state index in [1.807, 2.05) is 0 Å². The first-order valence-corrected chi connectivity index (χ1v) is 6.77. The van der Waals surface area contributed by atoms with Crippen LogP contribution in [-0.4, -0.2) is 23.0 Å². The Bertz CT molecular complexity index is 545. The van der Waals surface area contributed by atoms with E-state index < -0.39 is 29.7 Å². The zero-order chi connectivity index (χ0) is 15.3. The van der Waals surface area contributed by atoms with Crippen molar-refractivity contribution in [2.45, 2.75) is 19.9 Å². The van der Waals surface area contributed by atoms with E-state index in [0.717, 1.165) is 0 Å². The normalized spacial score (nSPS) is 14.0. The molecule has 0 aliphatic rings. The number of nitrogens with one attached hydrogen (secondary N) is 1. The number of rotatable bonds is 5. The minimum absolute atomic E-state index is 0.272. The lowest BCUT2D eigenvalue weighted by molar-refractivity contribution is -0.142. The highest BCUT2D eigenvalue weighted by Crippen LogP contribution is 2.16. The maximum Gasteiger partial charge on any atom is 0.308 e. The van der Waals surface area contributed by atoms with Crippen LogP contribution in [0.25, 0.3) is 6.08 Å². The SMILES string of the molecule is CC(NC(=O)/C=C/c1cc(Br)ccc1F)C(C)C(=O)O. The quantitative estimate of drug-likeness (QED) is 0.808. The summed E-state index contributed by atoms with van der Waals surface area (Å²) >= 11 is 3.21. The van der Waals surface area contributed by atoms with E-state index in [0.29, 0.717) is 4.47 Å². The van der Waals surface area contributed by atoms with E-state index in [1.54, 1.807) is 19.1 Å². The van der Waals surface area contributed by atoms with Crippen LogP contribution in [0.3, 0.4) is 0 Å². The molecule has 0 saturated carbocycles. The molecule has 0 aliphatic carbocycles. The number of carbonyl (C=O) groups excluding carboxylic acids is 1. The number of carbonyl (C=O) groups is 2. The maximum atomic E-state index is 13.4. The van der Waals surface area contributed by atoms with Gasteiger partial charge in [0.2, 0.25) is 5.91 Å². The van der Waals surface area contributed by atoms with Crippen LogP contribution in [0.1, 0.15) is 19.4 Å². The zero-order valence-corrected chi connectivity index (χ0v) is 12.6. The van der Waals surface area contributed by atoms with Gasteiger partial charge in [-0.3, -0.25) is 9.59 Å². The molecule has 0 saturated heterocycles. The molecule has 1 aromatic rings. The van der Waals surface area contributed by atoms with Gasteiger partial charge in [0.15, 0.2) is 0 Å². The minimum atomic E-state index is -0.986. The average Bonchev–Trinajstić information content (AvgIpc) is 2.38. The summed E-state index contributed by atoms with van der Waals surface area (Å²) in [6.07, 6.45) is 2.52. The second-order valence-corrected chi connectivity index (χ2v) is 5.34. The number of amides is 1. The second kappa shape index (κ2) is 7.19. The van der Waals surface area contributed by atoms with Crippen LogP contribution in [0.4, 0.5) is 4.39 Å². The van der Waals surface area contributed by atoms with E-state index in [4.69, 9.17) is 5.11 Å². The van der Waals surface area contributed by atoms with Gasteiger partial charge in [-0.2, -0.15) is 0 Å². The Labute approximate surface area is 124 Å². The molecule has 108 valence electrons. The first kappa shape index (κ1) is 16.4. The standard InChI is InChI=1S/C14H15BrFNO3/c1-8(14(19)20)9(2)17-13(18)6-3-10-7-11(15)4-5-12(10)16/h3-9H,1-2H3,(H,17,18)(H,19,20)/b6-3+. The first-order valence-electron chi connectivity index (χ1n) is 5.97. The average molecular weight is 344 g/mol. The van der Waals surface area contributed by atoms with Crippen molar-refractivity contribution in [3.63, 3.8) is 0 Å². The summed E-state index contributed by atoms with van der Waals surface area (Å²) in [5.74, 6) is -2.59. The number of aliphatic carboxylic acids is 1. The van der Waals surface area contributed by atoms with Crippen molar-refractivity contribution < 1.29 is 19.1 Å². The second-order valence-electron chi connectivity index (χ2n) is 4.42. The fraction of sp³-hybridized carbons (Fsp3) is 0.286. The van der Waals surface area contributed by atoms with Crippen molar-refractivity contribution in [2.75, 3.05) is 0 Å². The predicted molar refractivity (Wildman–Crippen MR) is 77.5 cm³/mol. The van der Waals surface area contributed by atoms with Gasteiger partial charge in [-0.05, 0) is 38.1 Å². The van der Waals surface area contributed by atoms with E-state index >= 15 is 0 Å². The number of hydrogen-bond acceptors (Lipinski definition) is 2. The Balaban J connectivity index is 2.68. The third-order valence-electron chi connectivity index (χ3n) is 2.88. The number of hydrogen-bond donors (Lipinski definition) is 2. The summed E-state index contributed by atoms with van der Waals surface area (Å²) in [6.45, 7) is 3.11. The molecule has 1 amide bonds. The molecule has 0 spiro atoms. The summed E-state index contributed by atoms with van der Waals surface area (Å²) in [5.41, 5.74) is 0.272. The summed E-state index contributed by atoms with van der Waals surface area (Å²) in [6, 6.07) is 3.87. The fourth-order valence-corrected chi connectivity index (χ4v) is 1.80. The van der Waals surface area contributed by atoms with Gasteiger partial charge in [0, 0.05) is 22.2 Å². The largest absolute Gasteiger partial charge is 0.481 e. The van der Waals surface area contributed by atoms with Gasteiger partial charge in [-0.15, -0.1) is 0 Å². The van der Waals surface area contributed by atoms with Crippen LogP contribution >= 0.6 is 15.9 Å². The number of halogens is 2. The van der Waals surface area contributed by atoms with Crippen LogP contribution in [0.2, 0.25) is 0 Å². The van der Waals surface area contributed by atoms with Crippen LogP contribution in [-0.2, 0) is 9.59 Å². The van der Waals surface area contributed by atoms with Gasteiger partial charge in [0.05, 0.1) is 5.92 Å². The Morgan fingerprint density at radius 1 is 1.40 bits per heavy atom. The van der Waals surface area contributed by atoms with Crippen LogP contribution in [0.5, 0.6) is 0 Å². The highest BCUT2D eigenvalue weighted by molar-refractivity contribution is 9.10. The molecule has 2 atom stereocenters. The predicted octanol–water partition coefficient (Wildman–Crippen LogP) is 2.83. The molecule has 0 radical (unpaired) electrons. The number of carboxylic acid groups (broad SMARTS) is 1. The third-order valence-corrected chi connectivity index (χ3v) is 3.38. The molecule has 2 unspecified atom stereocenters. The molecule has 1 rings (SSSR count). The van der Waals surface area contributed by atoms with Crippen molar-refractivity contribution in [3.05, 3.63) is 40.1 Å². The monoisotopic (exact) mass is 343 g/mol. The Morgan fingerprint density at radius 2 is 2.05 bits per heavy atom. The van der Waals surface area contributed by atoms with Gasteiger partial charge in [-0.25, -0.2) is 4.39 Å². The molecule has 20 heavy (non-hydrogen) atoms. The van der Waals surface area contributed by atoms with E-state index in [2.05, 4.69) is 21.2 Å². The molecule has 0 heterocycles. The Morgan fingerprint density at radius 3 is 2.65 bits per heavy atom. The molecule has 4 nitrogen and oxygen atoms in total. The fourth-order valence-electron chi connectivity index (χ4n) is 1.42. The lowest BCUT2D eigenvalue weighted by Crippen LogP contribution is -2.39. The van der Waals surface area contributed by atoms with Gasteiger partial charge in [0.1, 0.15) is 5.82 Å². The first-order chi connectivity index (χ1) is 9.31. The lowest BCUT2D eigenvalue weighted by atomic mass is 10.0. The molecule has 0 aromatic heterocycles. The molecular weight excluding hydrogens is 329 g/mol. The summed E-state index contributed by atoms with van der Waals surface area (Å²) in [4.78, 5) is 22.4. The van der Waals surface area contributed by atoms with Crippen LogP contribution < -0.4 is 5.32 Å². The third kappa shape index (κ3) is 4.77. The Hall–Kier alpha value is -1.69. The van der Waals surface area contributed by atoms with Gasteiger partial charge < -0.3 is 10.4 Å². The van der Waals surface area contributed by atoms with E-state index in [-0.39, 0.29) is 5.56 Å². The number of carboxylic acids is 1. The molecule has 6 heteroatoms. The Kier molecular flexibility index (Phi) is 5.88. The van der Waals surface area contributed by atoms with Crippen molar-refractivity contribution in [1.29, 1.82) is 0 Å². The highest BCUT2D eigenvalue weighted by atomic mass is 79.9. The van der Waals surface area contributed by atoms with Gasteiger partial charge in [-0.1, -0.05) is 15.9 Å². The van der Waals surface area contributed by atoms with E-state index in [9.17, 15) is 14.0 Å².